The minimum atomic E-state index is -0.865. The monoisotopic (exact) mass is 302 g/mol. The van der Waals surface area contributed by atoms with Gasteiger partial charge in [0, 0.05) is 17.8 Å². The van der Waals surface area contributed by atoms with Crippen molar-refractivity contribution in [2.24, 2.45) is 0 Å². The largest absolute Gasteiger partial charge is 0.508 e. The Hall–Kier alpha value is -2.89. The van der Waals surface area contributed by atoms with Crippen LogP contribution in [0.4, 0.5) is 10.1 Å². The van der Waals surface area contributed by atoms with E-state index in [2.05, 4.69) is 10.6 Å². The van der Waals surface area contributed by atoms with E-state index in [4.69, 9.17) is 0 Å². The van der Waals surface area contributed by atoms with Crippen LogP contribution in [0.1, 0.15) is 11.1 Å². The minimum absolute atomic E-state index is 0.0690. The van der Waals surface area contributed by atoms with Crippen LogP contribution < -0.4 is 10.6 Å². The first-order chi connectivity index (χ1) is 10.5. The number of anilines is 1. The fourth-order valence-corrected chi connectivity index (χ4v) is 1.86. The van der Waals surface area contributed by atoms with Gasteiger partial charge in [0.2, 0.25) is 0 Å². The number of halogens is 1. The molecule has 0 fully saturated rings. The number of amides is 2. The second-order valence-electron chi connectivity index (χ2n) is 4.73. The highest BCUT2D eigenvalue weighted by Gasteiger charge is 2.15. The third-order valence-corrected chi connectivity index (χ3v) is 3.06. The Morgan fingerprint density at radius 2 is 1.86 bits per heavy atom. The van der Waals surface area contributed by atoms with Crippen LogP contribution in [0.5, 0.6) is 5.75 Å². The molecule has 0 aliphatic rings. The fourth-order valence-electron chi connectivity index (χ4n) is 1.86. The van der Waals surface area contributed by atoms with Crippen LogP contribution >= 0.6 is 0 Å². The molecule has 114 valence electrons. The topological polar surface area (TPSA) is 78.4 Å². The van der Waals surface area contributed by atoms with E-state index < -0.39 is 17.6 Å². The predicted octanol–water partition coefficient (Wildman–Crippen LogP) is 2.09. The molecule has 0 aromatic heterocycles. The standard InChI is InChI=1S/C16H15FN2O3/c1-10-8-12(20)6-7-14(10)19-16(22)15(21)18-9-11-4-2-3-5-13(11)17/h2-8,20H,9H2,1H3,(H,18,21)(H,19,22). The molecule has 2 aromatic carbocycles. The van der Waals surface area contributed by atoms with Crippen molar-refractivity contribution in [2.45, 2.75) is 13.5 Å². The number of phenols is 1. The number of carbonyl (C=O) groups excluding carboxylic acids is 2. The number of rotatable bonds is 3. The summed E-state index contributed by atoms with van der Waals surface area (Å²) in [4.78, 5) is 23.5. The average molecular weight is 302 g/mol. The van der Waals surface area contributed by atoms with Crippen LogP contribution in [0.25, 0.3) is 0 Å². The molecule has 0 aliphatic carbocycles. The van der Waals surface area contributed by atoms with Crippen LogP contribution in [0.2, 0.25) is 0 Å². The van der Waals surface area contributed by atoms with E-state index in [0.29, 0.717) is 16.8 Å². The summed E-state index contributed by atoms with van der Waals surface area (Å²) in [6.45, 7) is 1.61. The smallest absolute Gasteiger partial charge is 0.313 e. The van der Waals surface area contributed by atoms with Crippen LogP contribution in [0, 0.1) is 12.7 Å². The molecule has 6 heteroatoms. The number of benzene rings is 2. The summed E-state index contributed by atoms with van der Waals surface area (Å²) in [6.07, 6.45) is 0. The molecular formula is C16H15FN2O3. The predicted molar refractivity (Wildman–Crippen MR) is 79.7 cm³/mol. The Morgan fingerprint density at radius 3 is 2.55 bits per heavy atom. The van der Waals surface area contributed by atoms with Crippen molar-refractivity contribution in [1.82, 2.24) is 5.32 Å². The maximum absolute atomic E-state index is 13.4. The summed E-state index contributed by atoms with van der Waals surface area (Å²) in [5.74, 6) is -2.10. The fraction of sp³-hybridized carbons (Fsp3) is 0.125. The zero-order valence-corrected chi connectivity index (χ0v) is 11.9. The number of phenolic OH excluding ortho intramolecular Hbond substituents is 1. The molecule has 0 aliphatic heterocycles. The minimum Gasteiger partial charge on any atom is -0.508 e. The van der Waals surface area contributed by atoms with Crippen molar-refractivity contribution in [1.29, 1.82) is 0 Å². The van der Waals surface area contributed by atoms with E-state index in [1.165, 1.54) is 30.3 Å². The number of nitrogens with one attached hydrogen (secondary N) is 2. The summed E-state index contributed by atoms with van der Waals surface area (Å²) in [5.41, 5.74) is 1.34. The molecule has 5 nitrogen and oxygen atoms in total. The number of hydrogen-bond donors (Lipinski definition) is 3. The molecular weight excluding hydrogens is 287 g/mol. The lowest BCUT2D eigenvalue weighted by molar-refractivity contribution is -0.136. The molecule has 0 saturated heterocycles. The normalized spacial score (nSPS) is 10.1. The molecule has 2 aromatic rings. The SMILES string of the molecule is Cc1cc(O)ccc1NC(=O)C(=O)NCc1ccccc1F. The first-order valence-electron chi connectivity index (χ1n) is 6.59. The van der Waals surface area contributed by atoms with Gasteiger partial charge in [0.1, 0.15) is 11.6 Å². The van der Waals surface area contributed by atoms with Crippen molar-refractivity contribution in [3.8, 4) is 5.75 Å². The Balaban J connectivity index is 1.95. The van der Waals surface area contributed by atoms with Crippen LogP contribution in [0.15, 0.2) is 42.5 Å². The zero-order chi connectivity index (χ0) is 16.1. The molecule has 2 rings (SSSR count). The van der Waals surface area contributed by atoms with Gasteiger partial charge < -0.3 is 15.7 Å². The van der Waals surface area contributed by atoms with Gasteiger partial charge in [-0.15, -0.1) is 0 Å². The van der Waals surface area contributed by atoms with Gasteiger partial charge >= 0.3 is 11.8 Å². The maximum Gasteiger partial charge on any atom is 0.313 e. The molecule has 0 saturated carbocycles. The number of carbonyl (C=O) groups is 2. The van der Waals surface area contributed by atoms with Crippen molar-refractivity contribution in [2.75, 3.05) is 5.32 Å². The number of hydrogen-bond acceptors (Lipinski definition) is 3. The molecule has 2 amide bonds. The van der Waals surface area contributed by atoms with Crippen LogP contribution in [-0.4, -0.2) is 16.9 Å². The average Bonchev–Trinajstić information content (AvgIpc) is 2.49. The number of aromatic hydroxyl groups is 1. The first-order valence-corrected chi connectivity index (χ1v) is 6.59. The highest BCUT2D eigenvalue weighted by atomic mass is 19.1. The molecule has 22 heavy (non-hydrogen) atoms. The van der Waals surface area contributed by atoms with Gasteiger partial charge in [-0.1, -0.05) is 18.2 Å². The van der Waals surface area contributed by atoms with Gasteiger partial charge in [0.25, 0.3) is 0 Å². The third kappa shape index (κ3) is 3.82. The lowest BCUT2D eigenvalue weighted by Gasteiger charge is -2.09. The van der Waals surface area contributed by atoms with E-state index in [9.17, 15) is 19.1 Å². The van der Waals surface area contributed by atoms with E-state index in [1.807, 2.05) is 0 Å². The maximum atomic E-state index is 13.4. The summed E-state index contributed by atoms with van der Waals surface area (Å²) in [7, 11) is 0. The molecule has 0 heterocycles. The van der Waals surface area contributed by atoms with E-state index in [-0.39, 0.29) is 12.3 Å². The summed E-state index contributed by atoms with van der Waals surface area (Å²) in [5, 5.41) is 14.1. The van der Waals surface area contributed by atoms with Gasteiger partial charge in [-0.05, 0) is 36.8 Å². The third-order valence-electron chi connectivity index (χ3n) is 3.06. The Labute approximate surface area is 126 Å². The van der Waals surface area contributed by atoms with Gasteiger partial charge in [0.15, 0.2) is 0 Å². The second kappa shape index (κ2) is 6.71. The highest BCUT2D eigenvalue weighted by molar-refractivity contribution is 6.39. The van der Waals surface area contributed by atoms with Crippen LogP contribution in [0.3, 0.4) is 0 Å². The molecule has 0 bridgehead atoms. The van der Waals surface area contributed by atoms with E-state index in [0.717, 1.165) is 0 Å². The van der Waals surface area contributed by atoms with Gasteiger partial charge in [-0.3, -0.25) is 9.59 Å². The summed E-state index contributed by atoms with van der Waals surface area (Å²) >= 11 is 0. The number of aryl methyl sites for hydroxylation is 1. The lowest BCUT2D eigenvalue weighted by atomic mass is 10.2. The molecule has 3 N–H and O–H groups in total. The van der Waals surface area contributed by atoms with Gasteiger partial charge in [-0.25, -0.2) is 4.39 Å². The van der Waals surface area contributed by atoms with Gasteiger partial charge in [-0.2, -0.15) is 0 Å². The Kier molecular flexibility index (Phi) is 4.73. The molecule has 0 atom stereocenters. The molecule has 0 spiro atoms. The van der Waals surface area contributed by atoms with Crippen molar-refractivity contribution in [3.63, 3.8) is 0 Å². The second-order valence-corrected chi connectivity index (χ2v) is 4.73. The molecule has 0 unspecified atom stereocenters. The lowest BCUT2D eigenvalue weighted by Crippen LogP contribution is -2.35. The Morgan fingerprint density at radius 1 is 1.14 bits per heavy atom. The van der Waals surface area contributed by atoms with Crippen molar-refractivity contribution >= 4 is 17.5 Å². The van der Waals surface area contributed by atoms with Crippen molar-refractivity contribution < 1.29 is 19.1 Å². The zero-order valence-electron chi connectivity index (χ0n) is 11.9. The summed E-state index contributed by atoms with van der Waals surface area (Å²) < 4.78 is 13.4. The summed E-state index contributed by atoms with van der Waals surface area (Å²) in [6, 6.07) is 10.4. The Bertz CT molecular complexity index is 716. The van der Waals surface area contributed by atoms with Crippen LogP contribution in [-0.2, 0) is 16.1 Å². The molecule has 0 radical (unpaired) electrons. The van der Waals surface area contributed by atoms with Crippen molar-refractivity contribution in [3.05, 3.63) is 59.4 Å². The van der Waals surface area contributed by atoms with E-state index >= 15 is 0 Å². The van der Waals surface area contributed by atoms with E-state index in [1.54, 1.807) is 19.1 Å². The highest BCUT2D eigenvalue weighted by Crippen LogP contribution is 2.19. The van der Waals surface area contributed by atoms with Gasteiger partial charge in [0.05, 0.1) is 0 Å². The first kappa shape index (κ1) is 15.5. The quantitative estimate of drug-likeness (QED) is 0.600.